The molecular weight excluding hydrogens is 365 g/mol. The number of aromatic nitrogens is 2. The van der Waals surface area contributed by atoms with Crippen LogP contribution in [0.2, 0.25) is 0 Å². The van der Waals surface area contributed by atoms with E-state index in [0.717, 1.165) is 27.1 Å². The van der Waals surface area contributed by atoms with Gasteiger partial charge >= 0.3 is 0 Å². The Labute approximate surface area is 159 Å². The molecule has 0 bridgehead atoms. The third kappa shape index (κ3) is 3.84. The van der Waals surface area contributed by atoms with Crippen molar-refractivity contribution < 1.29 is 13.9 Å². The number of nitrogens with one attached hydrogen (secondary N) is 1. The minimum atomic E-state index is -0.267. The van der Waals surface area contributed by atoms with Crippen LogP contribution < -0.4 is 5.32 Å². The van der Waals surface area contributed by atoms with Gasteiger partial charge < -0.3 is 14.8 Å². The fourth-order valence-electron chi connectivity index (χ4n) is 3.01. The van der Waals surface area contributed by atoms with Gasteiger partial charge in [0.25, 0.3) is 0 Å². The SMILES string of the molecule is OC[C@H](CNc1ncnc2scc(-c3ccc(F)cc3)c12)Cc1ccco1. The van der Waals surface area contributed by atoms with Gasteiger partial charge in [-0.3, -0.25) is 0 Å². The summed E-state index contributed by atoms with van der Waals surface area (Å²) >= 11 is 1.52. The van der Waals surface area contributed by atoms with Crippen molar-refractivity contribution in [2.24, 2.45) is 5.92 Å². The van der Waals surface area contributed by atoms with Gasteiger partial charge in [0.1, 0.15) is 28.6 Å². The van der Waals surface area contributed by atoms with Crippen molar-refractivity contribution in [2.75, 3.05) is 18.5 Å². The number of aliphatic hydroxyl groups excluding tert-OH is 1. The molecule has 0 spiro atoms. The van der Waals surface area contributed by atoms with Crippen LogP contribution in [-0.2, 0) is 6.42 Å². The number of rotatable bonds is 7. The Bertz CT molecular complexity index is 1020. The summed E-state index contributed by atoms with van der Waals surface area (Å²) in [7, 11) is 0. The van der Waals surface area contributed by atoms with Gasteiger partial charge in [0, 0.05) is 36.4 Å². The zero-order chi connectivity index (χ0) is 18.6. The van der Waals surface area contributed by atoms with Crippen molar-refractivity contribution in [3.05, 3.63) is 65.9 Å². The fraction of sp³-hybridized carbons (Fsp3) is 0.200. The zero-order valence-electron chi connectivity index (χ0n) is 14.4. The highest BCUT2D eigenvalue weighted by molar-refractivity contribution is 7.17. The molecule has 0 amide bonds. The van der Waals surface area contributed by atoms with E-state index >= 15 is 0 Å². The van der Waals surface area contributed by atoms with Crippen molar-refractivity contribution in [1.29, 1.82) is 0 Å². The molecule has 0 radical (unpaired) electrons. The molecule has 0 unspecified atom stereocenters. The highest BCUT2D eigenvalue weighted by Crippen LogP contribution is 2.36. The summed E-state index contributed by atoms with van der Waals surface area (Å²) < 4.78 is 18.6. The second-order valence-electron chi connectivity index (χ2n) is 6.27. The van der Waals surface area contributed by atoms with Gasteiger partial charge in [-0.15, -0.1) is 11.3 Å². The molecule has 0 aliphatic heterocycles. The number of benzene rings is 1. The lowest BCUT2D eigenvalue weighted by atomic mass is 10.0. The van der Waals surface area contributed by atoms with E-state index in [-0.39, 0.29) is 18.3 Å². The predicted octanol–water partition coefficient (Wildman–Crippen LogP) is 4.35. The van der Waals surface area contributed by atoms with Gasteiger partial charge in [-0.2, -0.15) is 0 Å². The number of nitrogens with zero attached hydrogens (tertiary/aromatic N) is 2. The number of aliphatic hydroxyl groups is 1. The Balaban J connectivity index is 1.59. The average molecular weight is 383 g/mol. The fourth-order valence-corrected chi connectivity index (χ4v) is 3.92. The van der Waals surface area contributed by atoms with Gasteiger partial charge in [-0.05, 0) is 29.8 Å². The van der Waals surface area contributed by atoms with Crippen LogP contribution in [0.3, 0.4) is 0 Å². The van der Waals surface area contributed by atoms with Crippen LogP contribution in [0.25, 0.3) is 21.3 Å². The van der Waals surface area contributed by atoms with Crippen molar-refractivity contribution >= 4 is 27.4 Å². The second kappa shape index (κ2) is 7.85. The Morgan fingerprint density at radius 3 is 2.78 bits per heavy atom. The van der Waals surface area contributed by atoms with Crippen molar-refractivity contribution in [1.82, 2.24) is 9.97 Å². The molecule has 0 fully saturated rings. The smallest absolute Gasteiger partial charge is 0.138 e. The summed E-state index contributed by atoms with van der Waals surface area (Å²) in [5, 5.41) is 15.9. The number of anilines is 1. The van der Waals surface area contributed by atoms with Crippen LogP contribution >= 0.6 is 11.3 Å². The first-order chi connectivity index (χ1) is 13.2. The lowest BCUT2D eigenvalue weighted by Crippen LogP contribution is -2.20. The molecule has 7 heteroatoms. The molecule has 3 heterocycles. The van der Waals surface area contributed by atoms with Crippen LogP contribution in [0.1, 0.15) is 5.76 Å². The van der Waals surface area contributed by atoms with Gasteiger partial charge in [0.05, 0.1) is 11.6 Å². The third-order valence-corrected chi connectivity index (χ3v) is 5.30. The van der Waals surface area contributed by atoms with E-state index < -0.39 is 0 Å². The van der Waals surface area contributed by atoms with Crippen molar-refractivity contribution in [3.8, 4) is 11.1 Å². The first-order valence-corrected chi connectivity index (χ1v) is 9.48. The minimum Gasteiger partial charge on any atom is -0.469 e. The largest absolute Gasteiger partial charge is 0.469 e. The zero-order valence-corrected chi connectivity index (χ0v) is 15.2. The first kappa shape index (κ1) is 17.6. The number of furan rings is 1. The van der Waals surface area contributed by atoms with Crippen LogP contribution in [0, 0.1) is 11.7 Å². The summed E-state index contributed by atoms with van der Waals surface area (Å²) in [6.07, 6.45) is 3.79. The Kier molecular flexibility index (Phi) is 5.13. The number of thiophene rings is 1. The van der Waals surface area contributed by atoms with Gasteiger partial charge in [-0.25, -0.2) is 14.4 Å². The summed E-state index contributed by atoms with van der Waals surface area (Å²) in [6, 6.07) is 10.1. The lowest BCUT2D eigenvalue weighted by molar-refractivity contribution is 0.226. The van der Waals surface area contributed by atoms with Crippen molar-refractivity contribution in [3.63, 3.8) is 0 Å². The van der Waals surface area contributed by atoms with Gasteiger partial charge in [0.15, 0.2) is 0 Å². The second-order valence-corrected chi connectivity index (χ2v) is 7.13. The molecule has 5 nitrogen and oxygen atoms in total. The molecular formula is C20H18FN3O2S. The van der Waals surface area contributed by atoms with E-state index in [1.807, 2.05) is 17.5 Å². The Hall–Kier alpha value is -2.77. The average Bonchev–Trinajstić information content (AvgIpc) is 3.35. The van der Waals surface area contributed by atoms with Crippen molar-refractivity contribution in [2.45, 2.75) is 6.42 Å². The molecule has 2 N–H and O–H groups in total. The van der Waals surface area contributed by atoms with E-state index in [1.165, 1.54) is 29.8 Å². The Morgan fingerprint density at radius 1 is 1.19 bits per heavy atom. The van der Waals surface area contributed by atoms with Crippen LogP contribution in [-0.4, -0.2) is 28.2 Å². The predicted molar refractivity (Wildman–Crippen MR) is 104 cm³/mol. The van der Waals surface area contributed by atoms with E-state index in [2.05, 4.69) is 15.3 Å². The highest BCUT2D eigenvalue weighted by Gasteiger charge is 2.15. The van der Waals surface area contributed by atoms with E-state index in [4.69, 9.17) is 4.42 Å². The molecule has 0 saturated carbocycles. The highest BCUT2D eigenvalue weighted by atomic mass is 32.1. The molecule has 138 valence electrons. The molecule has 4 aromatic rings. The summed E-state index contributed by atoms with van der Waals surface area (Å²) in [5.74, 6) is 1.27. The van der Waals surface area contributed by atoms with Crippen LogP contribution in [0.5, 0.6) is 0 Å². The molecule has 27 heavy (non-hydrogen) atoms. The number of fused-ring (bicyclic) bond motifs is 1. The third-order valence-electron chi connectivity index (χ3n) is 4.41. The topological polar surface area (TPSA) is 71.2 Å². The minimum absolute atomic E-state index is 0.00549. The molecule has 0 aliphatic rings. The summed E-state index contributed by atoms with van der Waals surface area (Å²) in [4.78, 5) is 9.59. The number of halogens is 1. The molecule has 1 atom stereocenters. The van der Waals surface area contributed by atoms with Gasteiger partial charge in [0.2, 0.25) is 0 Å². The van der Waals surface area contributed by atoms with Crippen LogP contribution in [0.15, 0.2) is 58.8 Å². The molecule has 1 aromatic carbocycles. The monoisotopic (exact) mass is 383 g/mol. The van der Waals surface area contributed by atoms with E-state index in [0.29, 0.717) is 18.8 Å². The van der Waals surface area contributed by atoms with E-state index in [1.54, 1.807) is 18.4 Å². The maximum atomic E-state index is 13.3. The van der Waals surface area contributed by atoms with Crippen LogP contribution in [0.4, 0.5) is 10.2 Å². The van der Waals surface area contributed by atoms with Gasteiger partial charge in [-0.1, -0.05) is 12.1 Å². The standard InChI is InChI=1S/C20H18FN3O2S/c21-15-5-3-14(4-6-15)17-11-27-20-18(17)19(23-12-24-20)22-9-13(10-25)8-16-2-1-7-26-16/h1-7,11-13,25H,8-10H2,(H,22,23,24)/t13-/m0/s1. The summed E-state index contributed by atoms with van der Waals surface area (Å²) in [6.45, 7) is 0.582. The number of hydrogen-bond acceptors (Lipinski definition) is 6. The number of hydrogen-bond donors (Lipinski definition) is 2. The maximum Gasteiger partial charge on any atom is 0.138 e. The molecule has 0 aliphatic carbocycles. The molecule has 0 saturated heterocycles. The first-order valence-electron chi connectivity index (χ1n) is 8.60. The van der Waals surface area contributed by atoms with E-state index in [9.17, 15) is 9.50 Å². The normalized spacial score (nSPS) is 12.4. The summed E-state index contributed by atoms with van der Waals surface area (Å²) in [5.41, 5.74) is 1.87. The molecule has 4 rings (SSSR count). The quantitative estimate of drug-likeness (QED) is 0.496. The maximum absolute atomic E-state index is 13.3. The Morgan fingerprint density at radius 2 is 2.04 bits per heavy atom. The molecule has 3 aromatic heterocycles. The lowest BCUT2D eigenvalue weighted by Gasteiger charge is -2.15.